The molecule has 19 heavy (non-hydrogen) atoms. The third-order valence-electron chi connectivity index (χ3n) is 3.34. The quantitative estimate of drug-likeness (QED) is 0.928. The summed E-state index contributed by atoms with van der Waals surface area (Å²) in [5.74, 6) is 0. The molecule has 0 unspecified atom stereocenters. The Kier molecular flexibility index (Phi) is 3.40. The highest BCUT2D eigenvalue weighted by molar-refractivity contribution is 7.07. The van der Waals surface area contributed by atoms with E-state index >= 15 is 0 Å². The molecule has 1 aromatic heterocycles. The highest BCUT2D eigenvalue weighted by Gasteiger charge is 2.19. The van der Waals surface area contributed by atoms with Crippen molar-refractivity contribution >= 4 is 22.7 Å². The number of thiazole rings is 1. The third kappa shape index (κ3) is 2.57. The van der Waals surface area contributed by atoms with E-state index in [1.807, 2.05) is 5.51 Å². The van der Waals surface area contributed by atoms with Crippen molar-refractivity contribution in [3.05, 3.63) is 29.1 Å². The average Bonchev–Trinajstić information content (AvgIpc) is 3.05. The summed E-state index contributed by atoms with van der Waals surface area (Å²) < 4.78 is 0. The summed E-state index contributed by atoms with van der Waals surface area (Å²) in [7, 11) is 4.21. The van der Waals surface area contributed by atoms with Gasteiger partial charge in [-0.3, -0.25) is 0 Å². The van der Waals surface area contributed by atoms with Crippen molar-refractivity contribution in [3.63, 3.8) is 0 Å². The highest BCUT2D eigenvalue weighted by atomic mass is 32.1. The average molecular weight is 274 g/mol. The molecule has 0 saturated carbocycles. The maximum absolute atomic E-state index is 4.38. The summed E-state index contributed by atoms with van der Waals surface area (Å²) in [5, 5.41) is 5.53. The minimum Gasteiger partial charge on any atom is -0.366 e. The van der Waals surface area contributed by atoms with Crippen LogP contribution in [0, 0.1) is 0 Å². The van der Waals surface area contributed by atoms with Gasteiger partial charge < -0.3 is 15.1 Å². The molecule has 0 bridgehead atoms. The van der Waals surface area contributed by atoms with Crippen molar-refractivity contribution in [2.24, 2.45) is 0 Å². The summed E-state index contributed by atoms with van der Waals surface area (Å²) in [6, 6.07) is 6.52. The maximum Gasteiger partial charge on any atom is 0.0878 e. The molecule has 2 heterocycles. The zero-order chi connectivity index (χ0) is 13.2. The Morgan fingerprint density at radius 1 is 1.42 bits per heavy atom. The van der Waals surface area contributed by atoms with Crippen LogP contribution in [0.2, 0.25) is 0 Å². The van der Waals surface area contributed by atoms with Gasteiger partial charge in [-0.2, -0.15) is 0 Å². The van der Waals surface area contributed by atoms with E-state index in [0.717, 1.165) is 25.5 Å². The Labute approximate surface area is 117 Å². The van der Waals surface area contributed by atoms with E-state index in [9.17, 15) is 0 Å². The molecule has 4 nitrogen and oxygen atoms in total. The van der Waals surface area contributed by atoms with Gasteiger partial charge in [-0.05, 0) is 26.2 Å². The lowest BCUT2D eigenvalue weighted by Gasteiger charge is -2.20. The monoisotopic (exact) mass is 274 g/mol. The first-order chi connectivity index (χ1) is 9.24. The van der Waals surface area contributed by atoms with Crippen LogP contribution < -0.4 is 10.2 Å². The number of hydrogen-bond donors (Lipinski definition) is 1. The fourth-order valence-corrected chi connectivity index (χ4v) is 2.80. The van der Waals surface area contributed by atoms with E-state index in [1.54, 1.807) is 11.3 Å². The van der Waals surface area contributed by atoms with Gasteiger partial charge in [-0.1, -0.05) is 6.07 Å². The summed E-state index contributed by atoms with van der Waals surface area (Å²) in [6.07, 6.45) is 0. The number of likely N-dealkylation sites (N-methyl/N-ethyl adjacent to an activating group) is 1. The van der Waals surface area contributed by atoms with Gasteiger partial charge in [-0.25, -0.2) is 4.98 Å². The molecule has 2 aromatic rings. The largest absolute Gasteiger partial charge is 0.366 e. The van der Waals surface area contributed by atoms with Gasteiger partial charge in [-0.15, -0.1) is 11.3 Å². The molecule has 0 atom stereocenters. The molecule has 0 aliphatic carbocycles. The van der Waals surface area contributed by atoms with Crippen LogP contribution in [0.4, 0.5) is 11.4 Å². The summed E-state index contributed by atoms with van der Waals surface area (Å²) >= 11 is 1.64. The van der Waals surface area contributed by atoms with E-state index in [2.05, 4.69) is 57.8 Å². The number of aromatic nitrogens is 1. The van der Waals surface area contributed by atoms with Crippen molar-refractivity contribution in [2.75, 3.05) is 44.1 Å². The smallest absolute Gasteiger partial charge is 0.0878 e. The standard InChI is InChI=1S/C14H18N4S/c1-17(2)5-6-18-9-15-12-4-3-11(7-14(12)18)13-8-19-10-16-13/h3-4,7-8,10,15H,5-6,9H2,1-2H3. The fourth-order valence-electron chi connectivity index (χ4n) is 2.24. The van der Waals surface area contributed by atoms with E-state index < -0.39 is 0 Å². The van der Waals surface area contributed by atoms with Crippen molar-refractivity contribution < 1.29 is 0 Å². The second-order valence-corrected chi connectivity index (χ2v) is 5.73. The number of hydrogen-bond acceptors (Lipinski definition) is 5. The second kappa shape index (κ2) is 5.19. The Balaban J connectivity index is 1.85. The minimum atomic E-state index is 0.893. The van der Waals surface area contributed by atoms with Crippen molar-refractivity contribution in [1.82, 2.24) is 9.88 Å². The van der Waals surface area contributed by atoms with Crippen molar-refractivity contribution in [2.45, 2.75) is 0 Å². The van der Waals surface area contributed by atoms with E-state index in [4.69, 9.17) is 0 Å². The lowest BCUT2D eigenvalue weighted by molar-refractivity contribution is 0.415. The molecule has 5 heteroatoms. The zero-order valence-corrected chi connectivity index (χ0v) is 12.1. The molecular weight excluding hydrogens is 256 g/mol. The molecule has 1 aliphatic heterocycles. The molecule has 1 aromatic carbocycles. The first-order valence-electron chi connectivity index (χ1n) is 6.40. The molecular formula is C14H18N4S. The summed E-state index contributed by atoms with van der Waals surface area (Å²) in [4.78, 5) is 8.97. The minimum absolute atomic E-state index is 0.893. The van der Waals surface area contributed by atoms with Crippen LogP contribution in [0.3, 0.4) is 0 Å². The normalized spacial score (nSPS) is 13.7. The van der Waals surface area contributed by atoms with Crippen LogP contribution in [0.1, 0.15) is 0 Å². The number of nitrogens with one attached hydrogen (secondary N) is 1. The fraction of sp³-hybridized carbons (Fsp3) is 0.357. The van der Waals surface area contributed by atoms with E-state index in [0.29, 0.717) is 0 Å². The molecule has 100 valence electrons. The van der Waals surface area contributed by atoms with Crippen molar-refractivity contribution in [1.29, 1.82) is 0 Å². The Morgan fingerprint density at radius 2 is 2.32 bits per heavy atom. The Bertz CT molecular complexity index is 551. The molecule has 0 fully saturated rings. The van der Waals surface area contributed by atoms with Gasteiger partial charge in [0.25, 0.3) is 0 Å². The van der Waals surface area contributed by atoms with Crippen LogP contribution in [0.5, 0.6) is 0 Å². The van der Waals surface area contributed by atoms with Crippen molar-refractivity contribution in [3.8, 4) is 11.3 Å². The Hall–Kier alpha value is -1.59. The summed E-state index contributed by atoms with van der Waals surface area (Å²) in [5.41, 5.74) is 6.64. The van der Waals surface area contributed by atoms with Gasteiger partial charge in [0, 0.05) is 24.0 Å². The molecule has 0 saturated heterocycles. The van der Waals surface area contributed by atoms with Crippen LogP contribution in [0.25, 0.3) is 11.3 Å². The summed E-state index contributed by atoms with van der Waals surface area (Å²) in [6.45, 7) is 2.99. The van der Waals surface area contributed by atoms with Crippen LogP contribution in [0.15, 0.2) is 29.1 Å². The number of benzene rings is 1. The van der Waals surface area contributed by atoms with Crippen LogP contribution in [-0.2, 0) is 0 Å². The maximum atomic E-state index is 4.38. The first-order valence-corrected chi connectivity index (χ1v) is 7.34. The van der Waals surface area contributed by atoms with Crippen LogP contribution >= 0.6 is 11.3 Å². The number of nitrogens with zero attached hydrogens (tertiary/aromatic N) is 3. The zero-order valence-electron chi connectivity index (χ0n) is 11.3. The Morgan fingerprint density at radius 3 is 3.05 bits per heavy atom. The van der Waals surface area contributed by atoms with Gasteiger partial charge in [0.1, 0.15) is 0 Å². The second-order valence-electron chi connectivity index (χ2n) is 5.01. The van der Waals surface area contributed by atoms with Gasteiger partial charge >= 0.3 is 0 Å². The third-order valence-corrected chi connectivity index (χ3v) is 3.93. The number of fused-ring (bicyclic) bond motifs is 1. The molecule has 1 aliphatic rings. The van der Waals surface area contributed by atoms with Gasteiger partial charge in [0.05, 0.1) is 29.2 Å². The van der Waals surface area contributed by atoms with Gasteiger partial charge in [0.15, 0.2) is 0 Å². The van der Waals surface area contributed by atoms with E-state index in [1.165, 1.54) is 16.9 Å². The molecule has 0 spiro atoms. The molecule has 1 N–H and O–H groups in total. The van der Waals surface area contributed by atoms with Gasteiger partial charge in [0.2, 0.25) is 0 Å². The predicted octanol–water partition coefficient (Wildman–Crippen LogP) is 2.56. The first kappa shape index (κ1) is 12.4. The van der Waals surface area contributed by atoms with E-state index in [-0.39, 0.29) is 0 Å². The lowest BCUT2D eigenvalue weighted by Crippen LogP contribution is -2.31. The lowest BCUT2D eigenvalue weighted by atomic mass is 10.1. The predicted molar refractivity (Wildman–Crippen MR) is 81.9 cm³/mol. The van der Waals surface area contributed by atoms with Crippen LogP contribution in [-0.4, -0.2) is 43.7 Å². The molecule has 0 radical (unpaired) electrons. The highest BCUT2D eigenvalue weighted by Crippen LogP contribution is 2.35. The molecule has 0 amide bonds. The number of rotatable bonds is 4. The SMILES string of the molecule is CN(C)CCN1CNc2ccc(-c3cscn3)cc21. The molecule has 3 rings (SSSR count). The number of anilines is 2. The topological polar surface area (TPSA) is 31.4 Å².